The van der Waals surface area contributed by atoms with Crippen LogP contribution < -0.4 is 11.1 Å². The van der Waals surface area contributed by atoms with Crippen molar-refractivity contribution < 1.29 is 14.0 Å². The van der Waals surface area contributed by atoms with Crippen LogP contribution in [0.3, 0.4) is 0 Å². The van der Waals surface area contributed by atoms with Crippen molar-refractivity contribution >= 4 is 45.2 Å². The van der Waals surface area contributed by atoms with Crippen LogP contribution in [0.25, 0.3) is 11.1 Å². The van der Waals surface area contributed by atoms with Crippen molar-refractivity contribution in [1.82, 2.24) is 15.2 Å². The predicted octanol–water partition coefficient (Wildman–Crippen LogP) is 4.53. The number of nitrogens with two attached hydrogens (primary N) is 1. The zero-order chi connectivity index (χ0) is 22.8. The van der Waals surface area contributed by atoms with Gasteiger partial charge in [0.1, 0.15) is 11.6 Å². The molecule has 2 amide bonds. The SMILES string of the molecule is Nc1ncc(Br)cc1C(=O)N[C@@H]1CCN(C(=O)c2ccc(-c3ccc(F)cc3Cl)cc2)C1. The molecule has 0 bridgehead atoms. The van der Waals surface area contributed by atoms with E-state index in [2.05, 4.69) is 26.2 Å². The van der Waals surface area contributed by atoms with Gasteiger partial charge in [-0.15, -0.1) is 0 Å². The quantitative estimate of drug-likeness (QED) is 0.532. The maximum atomic E-state index is 13.3. The van der Waals surface area contributed by atoms with Gasteiger partial charge >= 0.3 is 0 Å². The van der Waals surface area contributed by atoms with E-state index in [0.717, 1.165) is 5.56 Å². The number of amides is 2. The van der Waals surface area contributed by atoms with Gasteiger partial charge in [-0.2, -0.15) is 0 Å². The molecule has 1 aromatic heterocycles. The van der Waals surface area contributed by atoms with Crippen LogP contribution in [0.4, 0.5) is 10.2 Å². The van der Waals surface area contributed by atoms with Gasteiger partial charge in [0.2, 0.25) is 0 Å². The Hall–Kier alpha value is -2.97. The second-order valence-electron chi connectivity index (χ2n) is 7.50. The van der Waals surface area contributed by atoms with Gasteiger partial charge in [-0.25, -0.2) is 9.37 Å². The molecule has 0 unspecified atom stereocenters. The fraction of sp³-hybridized carbons (Fsp3) is 0.174. The topological polar surface area (TPSA) is 88.3 Å². The van der Waals surface area contributed by atoms with Crippen molar-refractivity contribution in [2.24, 2.45) is 0 Å². The molecule has 1 atom stereocenters. The zero-order valence-corrected chi connectivity index (χ0v) is 19.2. The van der Waals surface area contributed by atoms with E-state index in [0.29, 0.717) is 45.7 Å². The van der Waals surface area contributed by atoms with Crippen LogP contribution in [0.2, 0.25) is 5.02 Å². The molecule has 1 aliphatic heterocycles. The number of pyridine rings is 1. The first-order chi connectivity index (χ1) is 15.3. The fourth-order valence-corrected chi connectivity index (χ4v) is 4.26. The number of hydrogen-bond acceptors (Lipinski definition) is 4. The Labute approximate surface area is 197 Å². The summed E-state index contributed by atoms with van der Waals surface area (Å²) in [6.07, 6.45) is 2.17. The summed E-state index contributed by atoms with van der Waals surface area (Å²) in [5.74, 6) is -0.698. The third-order valence-corrected chi connectivity index (χ3v) is 6.06. The van der Waals surface area contributed by atoms with E-state index >= 15 is 0 Å². The number of likely N-dealkylation sites (tertiary alicyclic amines) is 1. The number of nitrogen functional groups attached to an aromatic ring is 1. The molecular formula is C23H19BrClFN4O2. The Bertz CT molecular complexity index is 1190. The summed E-state index contributed by atoms with van der Waals surface area (Å²) >= 11 is 9.41. The van der Waals surface area contributed by atoms with Crippen molar-refractivity contribution in [2.45, 2.75) is 12.5 Å². The van der Waals surface area contributed by atoms with Gasteiger partial charge in [0.25, 0.3) is 11.8 Å². The van der Waals surface area contributed by atoms with Crippen LogP contribution in [-0.4, -0.2) is 40.8 Å². The van der Waals surface area contributed by atoms with Crippen molar-refractivity contribution in [2.75, 3.05) is 18.8 Å². The van der Waals surface area contributed by atoms with Crippen LogP contribution in [0, 0.1) is 5.82 Å². The molecule has 0 spiro atoms. The maximum absolute atomic E-state index is 13.3. The minimum atomic E-state index is -0.403. The molecule has 0 aliphatic carbocycles. The summed E-state index contributed by atoms with van der Waals surface area (Å²) in [6.45, 7) is 0.930. The summed E-state index contributed by atoms with van der Waals surface area (Å²) in [7, 11) is 0. The molecule has 1 aliphatic rings. The summed E-state index contributed by atoms with van der Waals surface area (Å²) in [5, 5.41) is 3.23. The zero-order valence-electron chi connectivity index (χ0n) is 16.8. The minimum absolute atomic E-state index is 0.123. The van der Waals surface area contributed by atoms with Gasteiger partial charge in [-0.05, 0) is 64.3 Å². The number of hydrogen-bond donors (Lipinski definition) is 2. The van der Waals surface area contributed by atoms with Gasteiger partial charge in [0, 0.05) is 40.9 Å². The lowest BCUT2D eigenvalue weighted by Crippen LogP contribution is -2.38. The molecule has 2 aromatic carbocycles. The van der Waals surface area contributed by atoms with Crippen LogP contribution >= 0.6 is 27.5 Å². The average molecular weight is 518 g/mol. The molecule has 1 fully saturated rings. The number of rotatable bonds is 4. The third kappa shape index (κ3) is 4.76. The summed E-state index contributed by atoms with van der Waals surface area (Å²) in [4.78, 5) is 31.1. The van der Waals surface area contributed by atoms with E-state index in [1.165, 1.54) is 18.3 Å². The molecule has 1 saturated heterocycles. The van der Waals surface area contributed by atoms with Crippen LogP contribution in [-0.2, 0) is 0 Å². The predicted molar refractivity (Wildman–Crippen MR) is 125 cm³/mol. The van der Waals surface area contributed by atoms with Crippen molar-refractivity contribution in [3.63, 3.8) is 0 Å². The molecule has 0 radical (unpaired) electrons. The highest BCUT2D eigenvalue weighted by atomic mass is 79.9. The number of aromatic nitrogens is 1. The second kappa shape index (κ2) is 9.26. The molecular weight excluding hydrogens is 499 g/mol. The molecule has 9 heteroatoms. The number of carbonyl (C=O) groups is 2. The van der Waals surface area contributed by atoms with Gasteiger partial charge in [-0.1, -0.05) is 23.7 Å². The minimum Gasteiger partial charge on any atom is -0.383 e. The summed E-state index contributed by atoms with van der Waals surface area (Å²) < 4.78 is 13.9. The lowest BCUT2D eigenvalue weighted by atomic mass is 10.0. The number of nitrogens with zero attached hydrogens (tertiary/aromatic N) is 2. The first kappa shape index (κ1) is 22.2. The maximum Gasteiger partial charge on any atom is 0.255 e. The van der Waals surface area contributed by atoms with Gasteiger partial charge in [0.05, 0.1) is 10.6 Å². The van der Waals surface area contributed by atoms with Gasteiger partial charge in [0.15, 0.2) is 0 Å². The highest BCUT2D eigenvalue weighted by Gasteiger charge is 2.28. The van der Waals surface area contributed by atoms with E-state index in [1.807, 2.05) is 0 Å². The smallest absolute Gasteiger partial charge is 0.255 e. The molecule has 164 valence electrons. The van der Waals surface area contributed by atoms with E-state index in [4.69, 9.17) is 17.3 Å². The molecule has 3 aromatic rings. The number of carbonyl (C=O) groups excluding carboxylic acids is 2. The number of benzene rings is 2. The Morgan fingerprint density at radius 3 is 2.66 bits per heavy atom. The first-order valence-electron chi connectivity index (χ1n) is 9.88. The molecule has 6 nitrogen and oxygen atoms in total. The number of halogens is 3. The van der Waals surface area contributed by atoms with Crippen LogP contribution in [0.1, 0.15) is 27.1 Å². The van der Waals surface area contributed by atoms with Gasteiger partial charge in [-0.3, -0.25) is 9.59 Å². The van der Waals surface area contributed by atoms with Crippen LogP contribution in [0.5, 0.6) is 0 Å². The number of anilines is 1. The molecule has 0 saturated carbocycles. The van der Waals surface area contributed by atoms with E-state index in [1.54, 1.807) is 41.3 Å². The standard InChI is InChI=1S/C23H19BrClFN4O2/c24-15-9-19(21(27)28-11-15)22(31)29-17-7-8-30(12-17)23(32)14-3-1-13(2-4-14)18-6-5-16(26)10-20(18)25/h1-6,9-11,17H,7-8,12H2,(H2,27,28)(H,29,31)/t17-/m1/s1. The lowest BCUT2D eigenvalue weighted by molar-refractivity contribution is 0.0783. The highest BCUT2D eigenvalue weighted by Crippen LogP contribution is 2.29. The fourth-order valence-electron chi connectivity index (χ4n) is 3.66. The van der Waals surface area contributed by atoms with Crippen molar-refractivity contribution in [1.29, 1.82) is 0 Å². The Morgan fingerprint density at radius 1 is 1.19 bits per heavy atom. The average Bonchev–Trinajstić information content (AvgIpc) is 3.23. The second-order valence-corrected chi connectivity index (χ2v) is 8.82. The largest absolute Gasteiger partial charge is 0.383 e. The highest BCUT2D eigenvalue weighted by molar-refractivity contribution is 9.10. The van der Waals surface area contributed by atoms with Gasteiger partial charge < -0.3 is 16.0 Å². The van der Waals surface area contributed by atoms with Crippen molar-refractivity contribution in [3.05, 3.63) is 81.2 Å². The number of nitrogens with one attached hydrogen (secondary N) is 1. The molecule has 3 N–H and O–H groups in total. The Balaban J connectivity index is 1.40. The molecule has 4 rings (SSSR count). The molecule has 2 heterocycles. The molecule has 32 heavy (non-hydrogen) atoms. The third-order valence-electron chi connectivity index (χ3n) is 5.31. The monoisotopic (exact) mass is 516 g/mol. The van der Waals surface area contributed by atoms with Crippen LogP contribution in [0.15, 0.2) is 59.2 Å². The van der Waals surface area contributed by atoms with E-state index in [-0.39, 0.29) is 23.7 Å². The summed E-state index contributed by atoms with van der Waals surface area (Å²) in [5.41, 5.74) is 8.10. The first-order valence-corrected chi connectivity index (χ1v) is 11.1. The summed E-state index contributed by atoms with van der Waals surface area (Å²) in [6, 6.07) is 12.6. The lowest BCUT2D eigenvalue weighted by Gasteiger charge is -2.18. The van der Waals surface area contributed by atoms with E-state index < -0.39 is 5.82 Å². The van der Waals surface area contributed by atoms with Crippen molar-refractivity contribution in [3.8, 4) is 11.1 Å². The Morgan fingerprint density at radius 2 is 1.94 bits per heavy atom. The Kier molecular flexibility index (Phi) is 6.43. The normalized spacial score (nSPS) is 15.6. The van der Waals surface area contributed by atoms with E-state index in [9.17, 15) is 14.0 Å².